The number of hydrogen-bond donors (Lipinski definition) is 0. The summed E-state index contributed by atoms with van der Waals surface area (Å²) >= 11 is 5.80. The van der Waals surface area contributed by atoms with E-state index in [0.717, 1.165) is 22.3 Å². The summed E-state index contributed by atoms with van der Waals surface area (Å²) in [6.45, 7) is 2.01. The van der Waals surface area contributed by atoms with Crippen molar-refractivity contribution in [1.82, 2.24) is 0 Å². The zero-order valence-electron chi connectivity index (χ0n) is 9.00. The van der Waals surface area contributed by atoms with Crippen molar-refractivity contribution in [3.8, 4) is 11.1 Å². The lowest BCUT2D eigenvalue weighted by Crippen LogP contribution is -1.87. The molecule has 0 aliphatic carbocycles. The minimum atomic E-state index is -0.215. The van der Waals surface area contributed by atoms with Crippen molar-refractivity contribution in [2.45, 2.75) is 12.8 Å². The Labute approximate surface area is 99.7 Å². The highest BCUT2D eigenvalue weighted by Crippen LogP contribution is 2.25. The van der Waals surface area contributed by atoms with E-state index in [9.17, 15) is 4.39 Å². The van der Waals surface area contributed by atoms with Crippen molar-refractivity contribution in [2.24, 2.45) is 0 Å². The van der Waals surface area contributed by atoms with Gasteiger partial charge in [-0.15, -0.1) is 11.6 Å². The van der Waals surface area contributed by atoms with Crippen LogP contribution in [0.4, 0.5) is 4.39 Å². The van der Waals surface area contributed by atoms with Gasteiger partial charge in [-0.05, 0) is 47.4 Å². The van der Waals surface area contributed by atoms with Gasteiger partial charge in [-0.2, -0.15) is 0 Å². The molecule has 0 bridgehead atoms. The smallest absolute Gasteiger partial charge is 0.123 e. The monoisotopic (exact) mass is 234 g/mol. The first-order chi connectivity index (χ1) is 7.70. The Hall–Kier alpha value is -1.34. The van der Waals surface area contributed by atoms with Crippen molar-refractivity contribution >= 4 is 11.6 Å². The predicted molar refractivity (Wildman–Crippen MR) is 66.1 cm³/mol. The molecular formula is C14H12ClF. The average Bonchev–Trinajstić information content (AvgIpc) is 2.30. The molecule has 0 unspecified atom stereocenters. The first-order valence-electron chi connectivity index (χ1n) is 5.12. The molecule has 0 radical (unpaired) electrons. The van der Waals surface area contributed by atoms with Gasteiger partial charge < -0.3 is 0 Å². The van der Waals surface area contributed by atoms with Gasteiger partial charge in [0.25, 0.3) is 0 Å². The Bertz CT molecular complexity index is 506. The maximum atomic E-state index is 13.1. The van der Waals surface area contributed by atoms with Crippen molar-refractivity contribution in [1.29, 1.82) is 0 Å². The third-order valence-electron chi connectivity index (χ3n) is 2.59. The van der Waals surface area contributed by atoms with Gasteiger partial charge in [-0.25, -0.2) is 4.39 Å². The van der Waals surface area contributed by atoms with Crippen LogP contribution in [0.2, 0.25) is 0 Å². The fourth-order valence-corrected chi connectivity index (χ4v) is 1.89. The summed E-state index contributed by atoms with van der Waals surface area (Å²) in [5.41, 5.74) is 4.10. The average molecular weight is 235 g/mol. The van der Waals surface area contributed by atoms with E-state index in [-0.39, 0.29) is 5.82 Å². The van der Waals surface area contributed by atoms with Crippen LogP contribution < -0.4 is 0 Å². The fraction of sp³-hybridized carbons (Fsp3) is 0.143. The van der Waals surface area contributed by atoms with E-state index in [1.54, 1.807) is 12.1 Å². The maximum absolute atomic E-state index is 13.1. The minimum absolute atomic E-state index is 0.215. The van der Waals surface area contributed by atoms with Crippen LogP contribution in [-0.2, 0) is 5.88 Å². The molecule has 0 atom stereocenters. The molecule has 0 aliphatic heterocycles. The standard InChI is InChI=1S/C14H12ClF/c1-10-5-6-11(9-15)7-14(10)12-3-2-4-13(16)8-12/h2-8H,9H2,1H3. The topological polar surface area (TPSA) is 0 Å². The molecule has 2 aromatic carbocycles. The van der Waals surface area contributed by atoms with Gasteiger partial charge >= 0.3 is 0 Å². The van der Waals surface area contributed by atoms with Gasteiger partial charge in [0.2, 0.25) is 0 Å². The zero-order valence-corrected chi connectivity index (χ0v) is 9.76. The molecule has 0 saturated heterocycles. The Morgan fingerprint density at radius 3 is 2.62 bits per heavy atom. The second-order valence-corrected chi connectivity index (χ2v) is 4.06. The van der Waals surface area contributed by atoms with E-state index in [1.807, 2.05) is 31.2 Å². The summed E-state index contributed by atoms with van der Waals surface area (Å²) in [6, 6.07) is 12.6. The number of benzene rings is 2. The van der Waals surface area contributed by atoms with Crippen LogP contribution in [0.5, 0.6) is 0 Å². The van der Waals surface area contributed by atoms with Crippen LogP contribution in [0.25, 0.3) is 11.1 Å². The van der Waals surface area contributed by atoms with Crippen molar-refractivity contribution in [2.75, 3.05) is 0 Å². The van der Waals surface area contributed by atoms with E-state index >= 15 is 0 Å². The summed E-state index contributed by atoms with van der Waals surface area (Å²) in [5.74, 6) is 0.260. The highest BCUT2D eigenvalue weighted by Gasteiger charge is 2.04. The summed E-state index contributed by atoms with van der Waals surface area (Å²) in [4.78, 5) is 0. The molecule has 0 spiro atoms. The van der Waals surface area contributed by atoms with E-state index in [1.165, 1.54) is 6.07 Å². The lowest BCUT2D eigenvalue weighted by atomic mass is 9.98. The van der Waals surface area contributed by atoms with Gasteiger partial charge in [-0.3, -0.25) is 0 Å². The molecule has 16 heavy (non-hydrogen) atoms. The Morgan fingerprint density at radius 2 is 1.94 bits per heavy atom. The van der Waals surface area contributed by atoms with Gasteiger partial charge in [0.1, 0.15) is 5.82 Å². The van der Waals surface area contributed by atoms with Crippen molar-refractivity contribution < 1.29 is 4.39 Å². The summed E-state index contributed by atoms with van der Waals surface area (Å²) in [7, 11) is 0. The number of halogens is 2. The summed E-state index contributed by atoms with van der Waals surface area (Å²) < 4.78 is 13.1. The molecule has 0 saturated carbocycles. The highest BCUT2D eigenvalue weighted by molar-refractivity contribution is 6.17. The Balaban J connectivity index is 2.54. The molecule has 2 aromatic rings. The van der Waals surface area contributed by atoms with Crippen LogP contribution in [0.3, 0.4) is 0 Å². The van der Waals surface area contributed by atoms with Crippen LogP contribution in [-0.4, -0.2) is 0 Å². The van der Waals surface area contributed by atoms with Crippen LogP contribution in [0.1, 0.15) is 11.1 Å². The SMILES string of the molecule is Cc1ccc(CCl)cc1-c1cccc(F)c1. The van der Waals surface area contributed by atoms with Crippen molar-refractivity contribution in [3.05, 3.63) is 59.4 Å². The molecule has 2 heteroatoms. The lowest BCUT2D eigenvalue weighted by Gasteiger charge is -2.08. The van der Waals surface area contributed by atoms with Gasteiger partial charge in [-0.1, -0.05) is 24.3 Å². The largest absolute Gasteiger partial charge is 0.207 e. The molecule has 0 heterocycles. The molecule has 0 aromatic heterocycles. The number of rotatable bonds is 2. The highest BCUT2D eigenvalue weighted by atomic mass is 35.5. The molecule has 0 fully saturated rings. The number of alkyl halides is 1. The van der Waals surface area contributed by atoms with Crippen LogP contribution in [0, 0.1) is 12.7 Å². The molecular weight excluding hydrogens is 223 g/mol. The van der Waals surface area contributed by atoms with Crippen LogP contribution in [0.15, 0.2) is 42.5 Å². The van der Waals surface area contributed by atoms with E-state index < -0.39 is 0 Å². The van der Waals surface area contributed by atoms with Gasteiger partial charge in [0.05, 0.1) is 0 Å². The first-order valence-corrected chi connectivity index (χ1v) is 5.65. The van der Waals surface area contributed by atoms with E-state index in [4.69, 9.17) is 11.6 Å². The second-order valence-electron chi connectivity index (χ2n) is 3.79. The lowest BCUT2D eigenvalue weighted by molar-refractivity contribution is 0.628. The maximum Gasteiger partial charge on any atom is 0.123 e. The Morgan fingerprint density at radius 1 is 1.12 bits per heavy atom. The van der Waals surface area contributed by atoms with Gasteiger partial charge in [0.15, 0.2) is 0 Å². The molecule has 2 rings (SSSR count). The molecule has 0 N–H and O–H groups in total. The Kier molecular flexibility index (Phi) is 3.25. The quantitative estimate of drug-likeness (QED) is 0.670. The third kappa shape index (κ3) is 2.25. The molecule has 0 aliphatic rings. The molecule has 0 amide bonds. The fourth-order valence-electron chi connectivity index (χ4n) is 1.72. The van der Waals surface area contributed by atoms with E-state index in [0.29, 0.717) is 5.88 Å². The minimum Gasteiger partial charge on any atom is -0.207 e. The molecule has 82 valence electrons. The number of hydrogen-bond acceptors (Lipinski definition) is 0. The van der Waals surface area contributed by atoms with Gasteiger partial charge in [0, 0.05) is 5.88 Å². The summed E-state index contributed by atoms with van der Waals surface area (Å²) in [6.07, 6.45) is 0. The van der Waals surface area contributed by atoms with Crippen LogP contribution >= 0.6 is 11.6 Å². The normalized spacial score (nSPS) is 10.4. The summed E-state index contributed by atoms with van der Waals surface area (Å²) in [5, 5.41) is 0. The zero-order chi connectivity index (χ0) is 11.5. The second kappa shape index (κ2) is 4.67. The molecule has 0 nitrogen and oxygen atoms in total. The first kappa shape index (κ1) is 11.2. The van der Waals surface area contributed by atoms with Crippen molar-refractivity contribution in [3.63, 3.8) is 0 Å². The third-order valence-corrected chi connectivity index (χ3v) is 2.90. The predicted octanol–water partition coefficient (Wildman–Crippen LogP) is 4.54. The number of aryl methyl sites for hydroxylation is 1. The van der Waals surface area contributed by atoms with E-state index in [2.05, 4.69) is 0 Å².